The minimum atomic E-state index is -0.793. The number of hydrogen-bond acceptors (Lipinski definition) is 6. The summed E-state index contributed by atoms with van der Waals surface area (Å²) in [5.41, 5.74) is 0.914. The van der Waals surface area contributed by atoms with Crippen molar-refractivity contribution >= 4 is 22.7 Å². The summed E-state index contributed by atoms with van der Waals surface area (Å²) in [5, 5.41) is 5.96. The third-order valence-electron chi connectivity index (χ3n) is 5.66. The van der Waals surface area contributed by atoms with Crippen LogP contribution in [0.2, 0.25) is 0 Å². The molecule has 178 valence electrons. The lowest BCUT2D eigenvalue weighted by atomic mass is 10.0. The number of benzene rings is 1. The van der Waals surface area contributed by atoms with Gasteiger partial charge in [-0.15, -0.1) is 0 Å². The van der Waals surface area contributed by atoms with Crippen molar-refractivity contribution in [1.82, 2.24) is 20.2 Å². The van der Waals surface area contributed by atoms with E-state index in [9.17, 15) is 14.4 Å². The summed E-state index contributed by atoms with van der Waals surface area (Å²) in [6.07, 6.45) is 3.61. The molecule has 1 aromatic carbocycles. The molecule has 0 saturated heterocycles. The Labute approximate surface area is 197 Å². The maximum Gasteiger partial charge on any atom is 0.257 e. The van der Waals surface area contributed by atoms with Gasteiger partial charge in [0.1, 0.15) is 11.6 Å². The van der Waals surface area contributed by atoms with Gasteiger partial charge in [-0.25, -0.2) is 0 Å². The second-order valence-electron chi connectivity index (χ2n) is 8.58. The van der Waals surface area contributed by atoms with E-state index >= 15 is 0 Å². The molecule has 0 radical (unpaired) electrons. The predicted molar refractivity (Wildman–Crippen MR) is 127 cm³/mol. The molecule has 2 aromatic heterocycles. The average Bonchev–Trinajstić information content (AvgIpc) is 3.29. The first-order valence-electron chi connectivity index (χ1n) is 11.3. The van der Waals surface area contributed by atoms with Gasteiger partial charge in [0.15, 0.2) is 11.5 Å². The number of ether oxygens (including phenoxy) is 2. The Morgan fingerprint density at radius 1 is 1.18 bits per heavy atom. The Bertz CT molecular complexity index is 1270. The third-order valence-corrected chi connectivity index (χ3v) is 5.66. The van der Waals surface area contributed by atoms with E-state index in [2.05, 4.69) is 15.6 Å². The largest absolute Gasteiger partial charge is 0.454 e. The number of carbonyl (C=O) groups excluding carboxylic acids is 2. The van der Waals surface area contributed by atoms with E-state index in [0.717, 1.165) is 0 Å². The maximum absolute atomic E-state index is 13.2. The van der Waals surface area contributed by atoms with Gasteiger partial charge in [-0.2, -0.15) is 0 Å². The van der Waals surface area contributed by atoms with Crippen molar-refractivity contribution in [3.63, 3.8) is 0 Å². The van der Waals surface area contributed by atoms with Gasteiger partial charge in [-0.3, -0.25) is 19.4 Å². The quantitative estimate of drug-likeness (QED) is 0.530. The number of amides is 2. The molecule has 2 N–H and O–H groups in total. The monoisotopic (exact) mass is 464 g/mol. The van der Waals surface area contributed by atoms with Crippen molar-refractivity contribution in [2.45, 2.75) is 46.3 Å². The van der Waals surface area contributed by atoms with Crippen molar-refractivity contribution in [3.8, 4) is 11.5 Å². The second-order valence-corrected chi connectivity index (χ2v) is 8.58. The molecule has 9 heteroatoms. The van der Waals surface area contributed by atoms with Crippen LogP contribution in [0.4, 0.5) is 0 Å². The van der Waals surface area contributed by atoms with Crippen molar-refractivity contribution < 1.29 is 19.1 Å². The van der Waals surface area contributed by atoms with Crippen LogP contribution >= 0.6 is 0 Å². The van der Waals surface area contributed by atoms with E-state index in [1.807, 2.05) is 37.5 Å². The molecule has 0 aliphatic carbocycles. The summed E-state index contributed by atoms with van der Waals surface area (Å²) in [6.45, 7) is 6.72. The molecule has 34 heavy (non-hydrogen) atoms. The van der Waals surface area contributed by atoms with E-state index in [-0.39, 0.29) is 30.7 Å². The normalized spacial score (nSPS) is 13.2. The molecule has 9 nitrogen and oxygen atoms in total. The Balaban J connectivity index is 1.60. The molecule has 3 aromatic rings. The predicted octanol–water partition coefficient (Wildman–Crippen LogP) is 2.61. The molecular weight excluding hydrogens is 436 g/mol. The molecule has 0 saturated carbocycles. The molecule has 1 aliphatic rings. The highest BCUT2D eigenvalue weighted by Gasteiger charge is 2.25. The first kappa shape index (κ1) is 23.3. The summed E-state index contributed by atoms with van der Waals surface area (Å²) in [7, 11) is 0. The van der Waals surface area contributed by atoms with Gasteiger partial charge in [-0.1, -0.05) is 19.9 Å². The van der Waals surface area contributed by atoms with Crippen molar-refractivity contribution in [2.24, 2.45) is 5.92 Å². The van der Waals surface area contributed by atoms with Crippen LogP contribution < -0.4 is 25.5 Å². The summed E-state index contributed by atoms with van der Waals surface area (Å²) in [5.74, 6) is 0.261. The SMILES string of the molecule is CCn1cc(C(=O)N[C@@H](CC(C)C)C(=O)NCc2ccccn2)c(=O)c2cc3c(cc21)OCO3. The number of pyridine rings is 2. The van der Waals surface area contributed by atoms with Gasteiger partial charge < -0.3 is 24.7 Å². The Morgan fingerprint density at radius 3 is 2.62 bits per heavy atom. The maximum atomic E-state index is 13.2. The number of nitrogens with one attached hydrogen (secondary N) is 2. The van der Waals surface area contributed by atoms with Gasteiger partial charge in [0.05, 0.1) is 23.1 Å². The Morgan fingerprint density at radius 2 is 1.94 bits per heavy atom. The number of hydrogen-bond donors (Lipinski definition) is 2. The van der Waals surface area contributed by atoms with Gasteiger partial charge in [0.25, 0.3) is 5.91 Å². The zero-order valence-electron chi connectivity index (χ0n) is 19.5. The molecule has 2 amide bonds. The summed E-state index contributed by atoms with van der Waals surface area (Å²) in [4.78, 5) is 43.6. The molecule has 4 rings (SSSR count). The number of fused-ring (bicyclic) bond motifs is 2. The van der Waals surface area contributed by atoms with E-state index in [1.54, 1.807) is 24.4 Å². The molecule has 1 aliphatic heterocycles. The zero-order valence-corrected chi connectivity index (χ0v) is 19.5. The van der Waals surface area contributed by atoms with Crippen molar-refractivity contribution in [2.75, 3.05) is 6.79 Å². The average molecular weight is 465 g/mol. The van der Waals surface area contributed by atoms with Crippen LogP contribution in [0.1, 0.15) is 43.2 Å². The van der Waals surface area contributed by atoms with E-state index in [4.69, 9.17) is 9.47 Å². The Kier molecular flexibility index (Phi) is 6.81. The highest BCUT2D eigenvalue weighted by molar-refractivity contribution is 6.00. The van der Waals surface area contributed by atoms with Crippen LogP contribution in [-0.4, -0.2) is 34.2 Å². The summed E-state index contributed by atoms with van der Waals surface area (Å²) < 4.78 is 12.6. The number of aromatic nitrogens is 2. The Hall–Kier alpha value is -3.88. The lowest BCUT2D eigenvalue weighted by Gasteiger charge is -2.20. The van der Waals surface area contributed by atoms with E-state index in [1.165, 1.54) is 6.20 Å². The van der Waals surface area contributed by atoms with Crippen molar-refractivity contribution in [1.29, 1.82) is 0 Å². The lowest BCUT2D eigenvalue weighted by Crippen LogP contribution is -2.48. The highest BCUT2D eigenvalue weighted by atomic mass is 16.7. The molecule has 0 bridgehead atoms. The standard InChI is InChI=1S/C25H28N4O5/c1-4-29-13-18(23(30)17-10-21-22(11-20(17)29)34-14-33-21)24(31)28-19(9-15(2)3)25(32)27-12-16-7-5-6-8-26-16/h5-8,10-11,13,15,19H,4,9,12,14H2,1-3H3,(H,27,32)(H,28,31)/t19-/m0/s1. The number of aryl methyl sites for hydroxylation is 1. The zero-order chi connectivity index (χ0) is 24.2. The minimum absolute atomic E-state index is 0.0282. The second kappa shape index (κ2) is 9.94. The summed E-state index contributed by atoms with van der Waals surface area (Å²) >= 11 is 0. The van der Waals surface area contributed by atoms with E-state index < -0.39 is 17.4 Å². The smallest absolute Gasteiger partial charge is 0.257 e. The molecule has 0 fully saturated rings. The van der Waals surface area contributed by atoms with Gasteiger partial charge in [-0.05, 0) is 37.5 Å². The van der Waals surface area contributed by atoms with Gasteiger partial charge >= 0.3 is 0 Å². The molecule has 0 spiro atoms. The van der Waals surface area contributed by atoms with Crippen molar-refractivity contribution in [3.05, 3.63) is 64.2 Å². The van der Waals surface area contributed by atoms with Gasteiger partial charge in [0, 0.05) is 25.0 Å². The first-order valence-corrected chi connectivity index (χ1v) is 11.3. The molecule has 1 atom stereocenters. The van der Waals surface area contributed by atoms with Crippen LogP contribution in [0, 0.1) is 5.92 Å². The fourth-order valence-corrected chi connectivity index (χ4v) is 3.95. The van der Waals surface area contributed by atoms with Crippen LogP contribution in [-0.2, 0) is 17.9 Å². The fourth-order valence-electron chi connectivity index (χ4n) is 3.95. The lowest BCUT2D eigenvalue weighted by molar-refractivity contribution is -0.123. The number of nitrogens with zero attached hydrogens (tertiary/aromatic N) is 2. The molecular formula is C25H28N4O5. The molecule has 3 heterocycles. The topological polar surface area (TPSA) is 112 Å². The highest BCUT2D eigenvalue weighted by Crippen LogP contribution is 2.35. The van der Waals surface area contributed by atoms with Crippen LogP contribution in [0.15, 0.2) is 47.5 Å². The van der Waals surface area contributed by atoms with Crippen LogP contribution in [0.3, 0.4) is 0 Å². The van der Waals surface area contributed by atoms with Crippen LogP contribution in [0.25, 0.3) is 10.9 Å². The minimum Gasteiger partial charge on any atom is -0.454 e. The molecule has 0 unspecified atom stereocenters. The fraction of sp³-hybridized carbons (Fsp3) is 0.360. The summed E-state index contributed by atoms with van der Waals surface area (Å²) in [6, 6.07) is 8.01. The van der Waals surface area contributed by atoms with Crippen LogP contribution in [0.5, 0.6) is 11.5 Å². The van der Waals surface area contributed by atoms with Gasteiger partial charge in [0.2, 0.25) is 18.1 Å². The number of rotatable bonds is 8. The third kappa shape index (κ3) is 4.88. The van der Waals surface area contributed by atoms with E-state index in [0.29, 0.717) is 41.1 Å². The first-order chi connectivity index (χ1) is 16.4. The number of carbonyl (C=O) groups is 2.